The molecule has 0 fully saturated rings. The summed E-state index contributed by atoms with van der Waals surface area (Å²) in [5.41, 5.74) is 12.4. The first-order valence-corrected chi connectivity index (χ1v) is 20.2. The fraction of sp³-hybridized carbons (Fsp3) is 0.0741. The zero-order chi connectivity index (χ0) is 38.5. The summed E-state index contributed by atoms with van der Waals surface area (Å²) in [7, 11) is 0. The van der Waals surface area contributed by atoms with E-state index in [2.05, 4.69) is 194 Å². The van der Waals surface area contributed by atoms with Crippen LogP contribution >= 0.6 is 0 Å². The maximum Gasteiger partial charge on any atom is 0.159 e. The molecule has 1 aliphatic carbocycles. The number of hydrogen-bond acceptors (Lipinski definition) is 4. The lowest BCUT2D eigenvalue weighted by Gasteiger charge is -2.30. The van der Waals surface area contributed by atoms with Crippen molar-refractivity contribution in [2.75, 3.05) is 9.80 Å². The lowest BCUT2D eigenvalue weighted by atomic mass is 9.91. The molecule has 0 amide bonds. The predicted octanol–water partition coefficient (Wildman–Crippen LogP) is 15.8. The van der Waals surface area contributed by atoms with Crippen LogP contribution < -0.4 is 9.80 Å². The normalized spacial score (nSPS) is 13.2. The number of fused-ring (bicyclic) bond motifs is 6. The predicted molar refractivity (Wildman–Crippen MR) is 244 cm³/mol. The van der Waals surface area contributed by atoms with E-state index in [0.717, 1.165) is 102 Å². The van der Waals surface area contributed by atoms with E-state index >= 15 is 0 Å². The molecule has 0 unspecified atom stereocenters. The van der Waals surface area contributed by atoms with Gasteiger partial charge in [-0.1, -0.05) is 127 Å². The Morgan fingerprint density at radius 1 is 0.397 bits per heavy atom. The van der Waals surface area contributed by atoms with Crippen LogP contribution in [-0.2, 0) is 0 Å². The molecule has 2 heterocycles. The first-order valence-electron chi connectivity index (χ1n) is 20.2. The van der Waals surface area contributed by atoms with Crippen LogP contribution in [0.2, 0.25) is 0 Å². The van der Waals surface area contributed by atoms with E-state index in [1.807, 2.05) is 0 Å². The molecule has 58 heavy (non-hydrogen) atoms. The molecule has 0 bridgehead atoms. The Kier molecular flexibility index (Phi) is 7.15. The van der Waals surface area contributed by atoms with Crippen LogP contribution in [0.4, 0.5) is 28.4 Å². The number of hydrogen-bond donors (Lipinski definition) is 0. The molecular weight excluding hydrogens is 709 g/mol. The summed E-state index contributed by atoms with van der Waals surface area (Å²) in [5, 5.41) is 11.8. The van der Waals surface area contributed by atoms with Gasteiger partial charge >= 0.3 is 0 Å². The van der Waals surface area contributed by atoms with E-state index in [0.29, 0.717) is 0 Å². The van der Waals surface area contributed by atoms with Crippen molar-refractivity contribution in [3.63, 3.8) is 0 Å². The Balaban J connectivity index is 1.13. The van der Waals surface area contributed by atoms with Crippen LogP contribution in [0.25, 0.3) is 76.2 Å². The maximum atomic E-state index is 6.81. The van der Waals surface area contributed by atoms with Gasteiger partial charge in [-0.2, -0.15) is 0 Å². The Bertz CT molecular complexity index is 3490. The van der Waals surface area contributed by atoms with E-state index in [1.54, 1.807) is 0 Å². The molecule has 1 aliphatic rings. The van der Waals surface area contributed by atoms with E-state index < -0.39 is 0 Å². The summed E-state index contributed by atoms with van der Waals surface area (Å²) in [6, 6.07) is 54.9. The SMILES string of the molecule is Cc1cccc2c1oc1c(N(C3=CCCC=C3)c3ccc4ccc5c(N(c6ccccc6)c6cccc7c6oc6c(C)cccc67)ccc6ccc3c4c65)cccc12. The van der Waals surface area contributed by atoms with Gasteiger partial charge in [0.2, 0.25) is 0 Å². The summed E-state index contributed by atoms with van der Waals surface area (Å²) in [6.07, 6.45) is 8.94. The molecule has 0 saturated carbocycles. The Labute approximate surface area is 335 Å². The minimum atomic E-state index is 0.878. The van der Waals surface area contributed by atoms with Gasteiger partial charge < -0.3 is 18.6 Å². The molecule has 276 valence electrons. The van der Waals surface area contributed by atoms with Crippen molar-refractivity contribution >= 4 is 105 Å². The summed E-state index contributed by atoms with van der Waals surface area (Å²) in [5.74, 6) is 0. The van der Waals surface area contributed by atoms with Crippen LogP contribution in [0.15, 0.2) is 184 Å². The van der Waals surface area contributed by atoms with Gasteiger partial charge in [-0.25, -0.2) is 0 Å². The van der Waals surface area contributed by atoms with E-state index in [-0.39, 0.29) is 0 Å². The van der Waals surface area contributed by atoms with Gasteiger partial charge in [0.1, 0.15) is 11.2 Å². The standard InChI is InChI=1S/C54H38N2O2/c1-33-13-9-19-39-41-21-11-23-47(53(41)57-51(33)39)55(37-15-5-3-6-16-37)45-31-27-35-26-30-44-46(32-28-36-25-29-43(45)49(35)50(36)44)56(38-17-7-4-8-18-38)48-24-12-22-42-40-20-10-14-34(2)52(40)58-54(42)48/h3,5-7,9-32H,4,8H2,1-2H3. The average Bonchev–Trinajstić information content (AvgIpc) is 3.86. The van der Waals surface area contributed by atoms with Crippen molar-refractivity contribution in [2.45, 2.75) is 26.7 Å². The highest BCUT2D eigenvalue weighted by molar-refractivity contribution is 6.28. The van der Waals surface area contributed by atoms with Gasteiger partial charge in [-0.3, -0.25) is 0 Å². The van der Waals surface area contributed by atoms with E-state index in [1.165, 1.54) is 32.3 Å². The third-order valence-electron chi connectivity index (χ3n) is 12.2. The van der Waals surface area contributed by atoms with Crippen LogP contribution in [0.1, 0.15) is 24.0 Å². The number of rotatable bonds is 6. The molecule has 0 aliphatic heterocycles. The highest BCUT2D eigenvalue weighted by Crippen LogP contribution is 2.50. The molecular formula is C54H38N2O2. The summed E-state index contributed by atoms with van der Waals surface area (Å²) in [6.45, 7) is 4.25. The zero-order valence-electron chi connectivity index (χ0n) is 32.3. The van der Waals surface area contributed by atoms with Gasteiger partial charge in [0.15, 0.2) is 11.2 Å². The molecule has 0 spiro atoms. The molecule has 4 nitrogen and oxygen atoms in total. The maximum absolute atomic E-state index is 6.81. The highest BCUT2D eigenvalue weighted by Gasteiger charge is 2.26. The molecule has 0 N–H and O–H groups in total. The number of aryl methyl sites for hydroxylation is 2. The van der Waals surface area contributed by atoms with Crippen molar-refractivity contribution in [3.05, 3.63) is 187 Å². The monoisotopic (exact) mass is 746 g/mol. The molecule has 0 atom stereocenters. The first kappa shape index (κ1) is 32.9. The molecule has 12 rings (SSSR count). The topological polar surface area (TPSA) is 32.8 Å². The van der Waals surface area contributed by atoms with E-state index in [9.17, 15) is 0 Å². The van der Waals surface area contributed by atoms with Gasteiger partial charge in [-0.15, -0.1) is 0 Å². The molecule has 11 aromatic rings. The fourth-order valence-electron chi connectivity index (χ4n) is 9.56. The highest BCUT2D eigenvalue weighted by atomic mass is 16.3. The van der Waals surface area contributed by atoms with Crippen LogP contribution in [0, 0.1) is 13.8 Å². The average molecular weight is 747 g/mol. The van der Waals surface area contributed by atoms with Gasteiger partial charge in [0, 0.05) is 43.7 Å². The van der Waals surface area contributed by atoms with Gasteiger partial charge in [0.25, 0.3) is 0 Å². The largest absolute Gasteiger partial charge is 0.454 e. The quantitative estimate of drug-likeness (QED) is 0.159. The Morgan fingerprint density at radius 2 is 0.897 bits per heavy atom. The fourth-order valence-corrected chi connectivity index (χ4v) is 9.56. The lowest BCUT2D eigenvalue weighted by Crippen LogP contribution is -2.17. The van der Waals surface area contributed by atoms with E-state index in [4.69, 9.17) is 8.83 Å². The van der Waals surface area contributed by atoms with Crippen molar-refractivity contribution in [1.82, 2.24) is 0 Å². The van der Waals surface area contributed by atoms with Gasteiger partial charge in [-0.05, 0) is 102 Å². The Hall–Kier alpha value is -7.30. The van der Waals surface area contributed by atoms with Crippen molar-refractivity contribution in [3.8, 4) is 0 Å². The number of allylic oxidation sites excluding steroid dienone is 3. The Morgan fingerprint density at radius 3 is 1.45 bits per heavy atom. The van der Waals surface area contributed by atoms with Crippen LogP contribution in [0.3, 0.4) is 0 Å². The second-order valence-corrected chi connectivity index (χ2v) is 15.6. The van der Waals surface area contributed by atoms with Crippen molar-refractivity contribution in [2.24, 2.45) is 0 Å². The first-order chi connectivity index (χ1) is 28.6. The minimum absolute atomic E-state index is 0.878. The number of anilines is 5. The molecule has 2 aromatic heterocycles. The third-order valence-corrected chi connectivity index (χ3v) is 12.2. The second-order valence-electron chi connectivity index (χ2n) is 15.6. The smallest absolute Gasteiger partial charge is 0.159 e. The van der Waals surface area contributed by atoms with Crippen molar-refractivity contribution in [1.29, 1.82) is 0 Å². The zero-order valence-corrected chi connectivity index (χ0v) is 32.3. The van der Waals surface area contributed by atoms with Gasteiger partial charge in [0.05, 0.1) is 22.7 Å². The molecule has 0 saturated heterocycles. The number of para-hydroxylation sites is 5. The second kappa shape index (κ2) is 12.6. The number of nitrogens with zero attached hydrogens (tertiary/aromatic N) is 2. The molecule has 9 aromatic carbocycles. The number of furan rings is 2. The number of benzene rings is 9. The lowest BCUT2D eigenvalue weighted by molar-refractivity contribution is 0.665. The molecule has 4 heteroatoms. The third kappa shape index (κ3) is 4.75. The van der Waals surface area contributed by atoms with Crippen LogP contribution in [0.5, 0.6) is 0 Å². The molecule has 0 radical (unpaired) electrons. The van der Waals surface area contributed by atoms with Crippen LogP contribution in [-0.4, -0.2) is 0 Å². The summed E-state index contributed by atoms with van der Waals surface area (Å²) < 4.78 is 13.6. The van der Waals surface area contributed by atoms with Crippen molar-refractivity contribution < 1.29 is 8.83 Å². The summed E-state index contributed by atoms with van der Waals surface area (Å²) in [4.78, 5) is 4.80. The minimum Gasteiger partial charge on any atom is -0.454 e. The summed E-state index contributed by atoms with van der Waals surface area (Å²) >= 11 is 0.